The van der Waals surface area contributed by atoms with Crippen LogP contribution in [0.15, 0.2) is 0 Å². The average Bonchev–Trinajstić information content (AvgIpc) is 2.11. The summed E-state index contributed by atoms with van der Waals surface area (Å²) in [7, 11) is 0. The molecule has 0 radical (unpaired) electrons. The van der Waals surface area contributed by atoms with Crippen molar-refractivity contribution in [1.82, 2.24) is 0 Å². The van der Waals surface area contributed by atoms with Gasteiger partial charge in [0.25, 0.3) is 0 Å². The maximum Gasteiger partial charge on any atom is 0.0540 e. The second kappa shape index (κ2) is 10.0. The molecule has 2 heteroatoms. The molecule has 2 nitrogen and oxygen atoms in total. The lowest BCUT2D eigenvalue weighted by Gasteiger charge is -2.08. The molecule has 0 saturated carbocycles. The van der Waals surface area contributed by atoms with Gasteiger partial charge in [-0.1, -0.05) is 26.2 Å². The molecule has 0 aliphatic rings. The minimum absolute atomic E-state index is 0.0721. The normalized spacial score (nSPS) is 13.2. The monoisotopic (exact) mass is 188 g/mol. The van der Waals surface area contributed by atoms with E-state index in [1.165, 1.54) is 6.42 Å². The zero-order valence-electron chi connectivity index (χ0n) is 9.09. The van der Waals surface area contributed by atoms with Crippen molar-refractivity contribution in [1.29, 1.82) is 0 Å². The van der Waals surface area contributed by atoms with Gasteiger partial charge in [-0.05, 0) is 26.2 Å². The first kappa shape index (κ1) is 12.9. The van der Waals surface area contributed by atoms with Crippen molar-refractivity contribution in [2.24, 2.45) is 0 Å². The van der Waals surface area contributed by atoms with Gasteiger partial charge in [-0.15, -0.1) is 0 Å². The third-order valence-electron chi connectivity index (χ3n) is 2.15. The topological polar surface area (TPSA) is 29.5 Å². The maximum absolute atomic E-state index is 9.42. The van der Waals surface area contributed by atoms with Gasteiger partial charge in [-0.25, -0.2) is 0 Å². The lowest BCUT2D eigenvalue weighted by molar-refractivity contribution is 0.134. The van der Waals surface area contributed by atoms with E-state index in [2.05, 4.69) is 6.92 Å². The number of rotatable bonds is 9. The standard InChI is InChI=1S/C11H24O2/c1-3-8-11(12)9-6-5-7-10-13-4-2/h11-12H,3-10H2,1-2H3. The summed E-state index contributed by atoms with van der Waals surface area (Å²) in [6.07, 6.45) is 6.37. The molecule has 0 rings (SSSR count). The Balaban J connectivity index is 2.97. The molecular weight excluding hydrogens is 164 g/mol. The lowest BCUT2D eigenvalue weighted by Crippen LogP contribution is -2.05. The van der Waals surface area contributed by atoms with Crippen LogP contribution in [0.3, 0.4) is 0 Å². The van der Waals surface area contributed by atoms with Gasteiger partial charge in [-0.2, -0.15) is 0 Å². The van der Waals surface area contributed by atoms with Gasteiger partial charge in [0.05, 0.1) is 6.10 Å². The molecule has 1 N–H and O–H groups in total. The van der Waals surface area contributed by atoms with E-state index >= 15 is 0 Å². The van der Waals surface area contributed by atoms with Gasteiger partial charge < -0.3 is 9.84 Å². The van der Waals surface area contributed by atoms with E-state index in [4.69, 9.17) is 4.74 Å². The van der Waals surface area contributed by atoms with E-state index in [1.54, 1.807) is 0 Å². The van der Waals surface area contributed by atoms with Gasteiger partial charge in [-0.3, -0.25) is 0 Å². The van der Waals surface area contributed by atoms with E-state index in [1.807, 2.05) is 6.92 Å². The summed E-state index contributed by atoms with van der Waals surface area (Å²) in [6, 6.07) is 0. The molecule has 1 unspecified atom stereocenters. The van der Waals surface area contributed by atoms with Crippen molar-refractivity contribution in [2.75, 3.05) is 13.2 Å². The van der Waals surface area contributed by atoms with Gasteiger partial charge in [0, 0.05) is 13.2 Å². The Labute approximate surface area is 82.3 Å². The van der Waals surface area contributed by atoms with Crippen molar-refractivity contribution in [3.8, 4) is 0 Å². The Morgan fingerprint density at radius 1 is 1.08 bits per heavy atom. The molecule has 0 aromatic carbocycles. The fourth-order valence-electron chi connectivity index (χ4n) is 1.38. The summed E-state index contributed by atoms with van der Waals surface area (Å²) in [4.78, 5) is 0. The third-order valence-corrected chi connectivity index (χ3v) is 2.15. The Hall–Kier alpha value is -0.0800. The van der Waals surface area contributed by atoms with Gasteiger partial charge in [0.1, 0.15) is 0 Å². The van der Waals surface area contributed by atoms with Crippen molar-refractivity contribution in [2.45, 2.75) is 58.5 Å². The van der Waals surface area contributed by atoms with E-state index in [0.717, 1.165) is 45.3 Å². The first-order valence-electron chi connectivity index (χ1n) is 5.57. The second-order valence-electron chi connectivity index (χ2n) is 3.49. The molecule has 1 atom stereocenters. The molecule has 0 aromatic heterocycles. The molecule has 0 bridgehead atoms. The molecular formula is C11H24O2. The first-order valence-corrected chi connectivity index (χ1v) is 5.57. The number of aliphatic hydroxyl groups excluding tert-OH is 1. The molecule has 0 fully saturated rings. The summed E-state index contributed by atoms with van der Waals surface area (Å²) in [5.74, 6) is 0. The van der Waals surface area contributed by atoms with Crippen molar-refractivity contribution >= 4 is 0 Å². The molecule has 0 aliphatic heterocycles. The average molecular weight is 188 g/mol. The molecule has 0 amide bonds. The molecule has 0 saturated heterocycles. The van der Waals surface area contributed by atoms with E-state index in [9.17, 15) is 5.11 Å². The van der Waals surface area contributed by atoms with Crippen LogP contribution in [0, 0.1) is 0 Å². The Morgan fingerprint density at radius 3 is 2.46 bits per heavy atom. The van der Waals surface area contributed by atoms with Crippen molar-refractivity contribution in [3.63, 3.8) is 0 Å². The van der Waals surface area contributed by atoms with Gasteiger partial charge in [0.2, 0.25) is 0 Å². The molecule has 80 valence electrons. The van der Waals surface area contributed by atoms with E-state index in [0.29, 0.717) is 0 Å². The number of hydrogen-bond donors (Lipinski definition) is 1. The lowest BCUT2D eigenvalue weighted by atomic mass is 10.1. The number of hydrogen-bond acceptors (Lipinski definition) is 2. The summed E-state index contributed by atoms with van der Waals surface area (Å²) in [6.45, 7) is 5.82. The van der Waals surface area contributed by atoms with Crippen LogP contribution in [0.5, 0.6) is 0 Å². The van der Waals surface area contributed by atoms with Crippen molar-refractivity contribution < 1.29 is 9.84 Å². The number of ether oxygens (including phenoxy) is 1. The van der Waals surface area contributed by atoms with Crippen LogP contribution in [-0.2, 0) is 4.74 Å². The van der Waals surface area contributed by atoms with Crippen molar-refractivity contribution in [3.05, 3.63) is 0 Å². The maximum atomic E-state index is 9.42. The largest absolute Gasteiger partial charge is 0.393 e. The van der Waals surface area contributed by atoms with Gasteiger partial charge in [0.15, 0.2) is 0 Å². The Morgan fingerprint density at radius 2 is 1.85 bits per heavy atom. The van der Waals surface area contributed by atoms with Crippen LogP contribution in [0.4, 0.5) is 0 Å². The summed E-state index contributed by atoms with van der Waals surface area (Å²) >= 11 is 0. The third kappa shape index (κ3) is 9.84. The molecule has 13 heavy (non-hydrogen) atoms. The molecule has 0 aliphatic carbocycles. The highest BCUT2D eigenvalue weighted by atomic mass is 16.5. The summed E-state index contributed by atoms with van der Waals surface area (Å²) in [5, 5.41) is 9.42. The number of unbranched alkanes of at least 4 members (excludes halogenated alkanes) is 2. The Bertz CT molecular complexity index is 94.1. The summed E-state index contributed by atoms with van der Waals surface area (Å²) < 4.78 is 5.23. The highest BCUT2D eigenvalue weighted by Gasteiger charge is 2.01. The smallest absolute Gasteiger partial charge is 0.0540 e. The van der Waals surface area contributed by atoms with Crippen LogP contribution < -0.4 is 0 Å². The fourth-order valence-corrected chi connectivity index (χ4v) is 1.38. The predicted octanol–water partition coefficient (Wildman–Crippen LogP) is 2.74. The number of aliphatic hydroxyl groups is 1. The minimum atomic E-state index is -0.0721. The van der Waals surface area contributed by atoms with Crippen LogP contribution in [0.25, 0.3) is 0 Å². The van der Waals surface area contributed by atoms with Crippen LogP contribution in [0.1, 0.15) is 52.4 Å². The quantitative estimate of drug-likeness (QED) is 0.564. The summed E-state index contributed by atoms with van der Waals surface area (Å²) in [5.41, 5.74) is 0. The molecule has 0 spiro atoms. The van der Waals surface area contributed by atoms with Crippen LogP contribution in [0.2, 0.25) is 0 Å². The SMILES string of the molecule is CCCC(O)CCCCCOCC. The molecule has 0 aromatic rings. The minimum Gasteiger partial charge on any atom is -0.393 e. The zero-order valence-corrected chi connectivity index (χ0v) is 9.09. The highest BCUT2D eigenvalue weighted by Crippen LogP contribution is 2.07. The van der Waals surface area contributed by atoms with Crippen LogP contribution >= 0.6 is 0 Å². The van der Waals surface area contributed by atoms with Gasteiger partial charge >= 0.3 is 0 Å². The first-order chi connectivity index (χ1) is 6.31. The fraction of sp³-hybridized carbons (Fsp3) is 1.00. The second-order valence-corrected chi connectivity index (χ2v) is 3.49. The van der Waals surface area contributed by atoms with Crippen LogP contribution in [-0.4, -0.2) is 24.4 Å². The molecule has 0 heterocycles. The highest BCUT2D eigenvalue weighted by molar-refractivity contribution is 4.54. The Kier molecular flexibility index (Phi) is 9.94. The van der Waals surface area contributed by atoms with E-state index < -0.39 is 0 Å². The predicted molar refractivity (Wildman–Crippen MR) is 55.9 cm³/mol. The van der Waals surface area contributed by atoms with E-state index in [-0.39, 0.29) is 6.10 Å². The zero-order chi connectivity index (χ0) is 9.94.